The number of imidazole rings is 1. The fourth-order valence-corrected chi connectivity index (χ4v) is 3.81. The summed E-state index contributed by atoms with van der Waals surface area (Å²) in [6.07, 6.45) is 6.01. The van der Waals surface area contributed by atoms with E-state index in [2.05, 4.69) is 28.8 Å². The summed E-state index contributed by atoms with van der Waals surface area (Å²) < 4.78 is 1.99. The number of rotatable bonds is 4. The smallest absolute Gasteiger partial charge is 0.255 e. The highest BCUT2D eigenvalue weighted by Gasteiger charge is 2.29. The first-order chi connectivity index (χ1) is 13.5. The molecule has 1 fully saturated rings. The Hall–Kier alpha value is -2.80. The molecule has 1 atom stereocenters. The van der Waals surface area contributed by atoms with Crippen molar-refractivity contribution < 1.29 is 9.90 Å². The molecule has 1 aliphatic heterocycles. The highest BCUT2D eigenvalue weighted by molar-refractivity contribution is 5.96. The van der Waals surface area contributed by atoms with Gasteiger partial charge < -0.3 is 14.6 Å². The molecule has 1 amide bonds. The monoisotopic (exact) mass is 379 g/mol. The summed E-state index contributed by atoms with van der Waals surface area (Å²) in [6.45, 7) is 5.38. The van der Waals surface area contributed by atoms with Crippen LogP contribution < -0.4 is 0 Å². The van der Waals surface area contributed by atoms with Gasteiger partial charge >= 0.3 is 0 Å². The average Bonchev–Trinajstić information content (AvgIpc) is 3.17. The minimum Gasteiger partial charge on any atom is -0.387 e. The van der Waals surface area contributed by atoms with Crippen molar-refractivity contribution in [2.24, 2.45) is 5.92 Å². The Morgan fingerprint density at radius 1 is 1.18 bits per heavy atom. The highest BCUT2D eigenvalue weighted by atomic mass is 16.3. The number of nitrogens with zero attached hydrogens (tertiary/aromatic N) is 5. The van der Waals surface area contributed by atoms with E-state index >= 15 is 0 Å². The van der Waals surface area contributed by atoms with Crippen LogP contribution in [0.25, 0.3) is 11.2 Å². The van der Waals surface area contributed by atoms with E-state index < -0.39 is 6.10 Å². The van der Waals surface area contributed by atoms with Gasteiger partial charge in [0.25, 0.3) is 5.91 Å². The first kappa shape index (κ1) is 18.6. The highest BCUT2D eigenvalue weighted by Crippen LogP contribution is 2.30. The second-order valence-corrected chi connectivity index (χ2v) is 7.64. The van der Waals surface area contributed by atoms with Crippen LogP contribution in [-0.4, -0.2) is 48.5 Å². The zero-order valence-electron chi connectivity index (χ0n) is 16.2. The summed E-state index contributed by atoms with van der Waals surface area (Å²) in [5.74, 6) is 0.0839. The van der Waals surface area contributed by atoms with Crippen molar-refractivity contribution in [3.8, 4) is 0 Å². The minimum absolute atomic E-state index is 0.0285. The molecule has 1 saturated heterocycles. The molecule has 146 valence electrons. The number of likely N-dealkylation sites (tertiary alicyclic amines) is 1. The van der Waals surface area contributed by atoms with Gasteiger partial charge in [-0.3, -0.25) is 9.78 Å². The van der Waals surface area contributed by atoms with Crippen molar-refractivity contribution in [2.75, 3.05) is 13.1 Å². The molecule has 0 spiro atoms. The Balaban J connectivity index is 1.43. The molecule has 1 unspecified atom stereocenters. The number of hydrogen-bond donors (Lipinski definition) is 1. The lowest BCUT2D eigenvalue weighted by Gasteiger charge is -2.34. The third-order valence-corrected chi connectivity index (χ3v) is 5.48. The van der Waals surface area contributed by atoms with Crippen LogP contribution in [0.15, 0.2) is 43.0 Å². The second-order valence-electron chi connectivity index (χ2n) is 7.64. The number of aliphatic hydroxyl groups excluding tert-OH is 1. The molecule has 3 aromatic heterocycles. The summed E-state index contributed by atoms with van der Waals surface area (Å²) in [5, 5.41) is 10.6. The molecule has 0 radical (unpaired) electrons. The predicted octanol–water partition coefficient (Wildman–Crippen LogP) is 2.99. The standard InChI is InChI=1S/C21H25N5O2/c1-14(2)26-13-24-18-11-16(12-23-20(18)26)21(28)25-9-6-15(7-10-25)19(27)17-5-3-4-8-22-17/h3-5,8,11-15,19,27H,6-7,9-10H2,1-2H3. The number of aromatic nitrogens is 4. The van der Waals surface area contributed by atoms with Gasteiger partial charge in [0.05, 0.1) is 23.7 Å². The van der Waals surface area contributed by atoms with E-state index in [4.69, 9.17) is 0 Å². The maximum absolute atomic E-state index is 12.9. The normalized spacial score (nSPS) is 16.6. The lowest BCUT2D eigenvalue weighted by atomic mass is 9.89. The Morgan fingerprint density at radius 3 is 2.64 bits per heavy atom. The van der Waals surface area contributed by atoms with Crippen LogP contribution >= 0.6 is 0 Å². The topological polar surface area (TPSA) is 84.1 Å². The van der Waals surface area contributed by atoms with Crippen molar-refractivity contribution in [1.29, 1.82) is 0 Å². The third kappa shape index (κ3) is 3.49. The Labute approximate surface area is 164 Å². The molecule has 1 N–H and O–H groups in total. The van der Waals surface area contributed by atoms with E-state index in [-0.39, 0.29) is 17.9 Å². The number of amides is 1. The SMILES string of the molecule is CC(C)n1cnc2cc(C(=O)N3CCC(C(O)c4ccccn4)CC3)cnc21. The van der Waals surface area contributed by atoms with Gasteiger partial charge in [0, 0.05) is 31.5 Å². The number of carbonyl (C=O) groups excluding carboxylic acids is 1. The van der Waals surface area contributed by atoms with Crippen molar-refractivity contribution in [1.82, 2.24) is 24.4 Å². The third-order valence-electron chi connectivity index (χ3n) is 5.48. The van der Waals surface area contributed by atoms with Gasteiger partial charge in [-0.1, -0.05) is 6.07 Å². The first-order valence-electron chi connectivity index (χ1n) is 9.75. The number of fused-ring (bicyclic) bond motifs is 1. The van der Waals surface area contributed by atoms with E-state index in [1.54, 1.807) is 18.7 Å². The fraction of sp³-hybridized carbons (Fsp3) is 0.429. The van der Waals surface area contributed by atoms with Gasteiger partial charge in [-0.2, -0.15) is 0 Å². The Kier molecular flexibility index (Phi) is 5.09. The molecule has 3 aromatic rings. The summed E-state index contributed by atoms with van der Waals surface area (Å²) in [6, 6.07) is 7.65. The average molecular weight is 379 g/mol. The summed E-state index contributed by atoms with van der Waals surface area (Å²) in [4.78, 5) is 27.8. The number of piperidine rings is 1. The summed E-state index contributed by atoms with van der Waals surface area (Å²) in [7, 11) is 0. The molecule has 4 heterocycles. The van der Waals surface area contributed by atoms with Crippen LogP contribution in [0.3, 0.4) is 0 Å². The van der Waals surface area contributed by atoms with Crippen molar-refractivity contribution >= 4 is 17.1 Å². The maximum atomic E-state index is 12.9. The minimum atomic E-state index is -0.587. The van der Waals surface area contributed by atoms with Crippen LogP contribution in [0, 0.1) is 5.92 Å². The molecule has 7 nitrogen and oxygen atoms in total. The molecule has 1 aliphatic rings. The van der Waals surface area contributed by atoms with Crippen molar-refractivity contribution in [2.45, 2.75) is 38.8 Å². The van der Waals surface area contributed by atoms with E-state index in [9.17, 15) is 9.90 Å². The van der Waals surface area contributed by atoms with E-state index in [0.717, 1.165) is 24.0 Å². The molecular formula is C21H25N5O2. The van der Waals surface area contributed by atoms with Gasteiger partial charge in [0.15, 0.2) is 5.65 Å². The van der Waals surface area contributed by atoms with Gasteiger partial charge in [-0.25, -0.2) is 9.97 Å². The van der Waals surface area contributed by atoms with Crippen LogP contribution in [0.4, 0.5) is 0 Å². The second kappa shape index (κ2) is 7.67. The van der Waals surface area contributed by atoms with Crippen molar-refractivity contribution in [3.63, 3.8) is 0 Å². The Bertz CT molecular complexity index is 961. The van der Waals surface area contributed by atoms with E-state index in [1.807, 2.05) is 33.7 Å². The first-order valence-corrected chi connectivity index (χ1v) is 9.75. The largest absolute Gasteiger partial charge is 0.387 e. The molecular weight excluding hydrogens is 354 g/mol. The lowest BCUT2D eigenvalue weighted by Crippen LogP contribution is -2.39. The van der Waals surface area contributed by atoms with Crippen LogP contribution in [0.5, 0.6) is 0 Å². The summed E-state index contributed by atoms with van der Waals surface area (Å²) >= 11 is 0. The van der Waals surface area contributed by atoms with Gasteiger partial charge in [0.2, 0.25) is 0 Å². The quantitative estimate of drug-likeness (QED) is 0.753. The Morgan fingerprint density at radius 2 is 1.96 bits per heavy atom. The zero-order valence-corrected chi connectivity index (χ0v) is 16.2. The number of hydrogen-bond acceptors (Lipinski definition) is 5. The van der Waals surface area contributed by atoms with E-state index in [1.165, 1.54) is 0 Å². The van der Waals surface area contributed by atoms with Crippen LogP contribution in [0.1, 0.15) is 54.9 Å². The molecule has 4 rings (SSSR count). The fourth-order valence-electron chi connectivity index (χ4n) is 3.81. The summed E-state index contributed by atoms with van der Waals surface area (Å²) in [5.41, 5.74) is 2.79. The molecule has 28 heavy (non-hydrogen) atoms. The number of aliphatic hydroxyl groups is 1. The van der Waals surface area contributed by atoms with Crippen molar-refractivity contribution in [3.05, 3.63) is 54.2 Å². The van der Waals surface area contributed by atoms with Gasteiger partial charge in [0.1, 0.15) is 5.52 Å². The molecule has 0 saturated carbocycles. The molecule has 0 bridgehead atoms. The predicted molar refractivity (Wildman–Crippen MR) is 106 cm³/mol. The maximum Gasteiger partial charge on any atom is 0.255 e. The number of carbonyl (C=O) groups is 1. The lowest BCUT2D eigenvalue weighted by molar-refractivity contribution is 0.0447. The molecule has 0 aliphatic carbocycles. The molecule has 0 aromatic carbocycles. The zero-order chi connectivity index (χ0) is 19.7. The van der Waals surface area contributed by atoms with E-state index in [0.29, 0.717) is 24.3 Å². The molecule has 7 heteroatoms. The van der Waals surface area contributed by atoms with Gasteiger partial charge in [-0.05, 0) is 50.8 Å². The van der Waals surface area contributed by atoms with Crippen LogP contribution in [-0.2, 0) is 0 Å². The van der Waals surface area contributed by atoms with Gasteiger partial charge in [-0.15, -0.1) is 0 Å². The number of pyridine rings is 2. The van der Waals surface area contributed by atoms with Crippen LogP contribution in [0.2, 0.25) is 0 Å².